The van der Waals surface area contributed by atoms with Gasteiger partial charge >= 0.3 is 0 Å². The van der Waals surface area contributed by atoms with Gasteiger partial charge in [0.05, 0.1) is 0 Å². The van der Waals surface area contributed by atoms with Crippen molar-refractivity contribution in [3.63, 3.8) is 0 Å². The van der Waals surface area contributed by atoms with Crippen LogP contribution in [0.5, 0.6) is 0 Å². The molecule has 88 valence electrons. The van der Waals surface area contributed by atoms with E-state index in [1.54, 1.807) is 24.1 Å². The predicted octanol–water partition coefficient (Wildman–Crippen LogP) is 3.07. The Kier molecular flexibility index (Phi) is 4.93. The van der Waals surface area contributed by atoms with Gasteiger partial charge in [-0.15, -0.1) is 0 Å². The largest absolute Gasteiger partial charge is 0.342 e. The molecule has 2 nitrogen and oxygen atoms in total. The van der Waals surface area contributed by atoms with Crippen LogP contribution in [0.4, 0.5) is 4.39 Å². The van der Waals surface area contributed by atoms with Gasteiger partial charge in [0.1, 0.15) is 5.82 Å². The van der Waals surface area contributed by atoms with Crippen LogP contribution in [0.25, 0.3) is 0 Å². The van der Waals surface area contributed by atoms with Gasteiger partial charge in [0.15, 0.2) is 0 Å². The van der Waals surface area contributed by atoms with E-state index in [1.807, 2.05) is 6.92 Å². The fourth-order valence-electron chi connectivity index (χ4n) is 1.31. The lowest BCUT2D eigenvalue weighted by molar-refractivity contribution is 0.0793. The van der Waals surface area contributed by atoms with Crippen molar-refractivity contribution in [3.05, 3.63) is 35.6 Å². The molecule has 0 saturated carbocycles. The van der Waals surface area contributed by atoms with Crippen LogP contribution >= 0.6 is 15.9 Å². The van der Waals surface area contributed by atoms with Crippen LogP contribution in [0.3, 0.4) is 0 Å². The third-order valence-corrected chi connectivity index (χ3v) is 2.74. The van der Waals surface area contributed by atoms with Crippen LogP contribution in [0.15, 0.2) is 24.3 Å². The Hall–Kier alpha value is -0.900. The van der Waals surface area contributed by atoms with Gasteiger partial charge in [-0.1, -0.05) is 28.9 Å². The van der Waals surface area contributed by atoms with E-state index in [9.17, 15) is 9.18 Å². The van der Waals surface area contributed by atoms with Gasteiger partial charge < -0.3 is 4.90 Å². The van der Waals surface area contributed by atoms with Gasteiger partial charge in [-0.25, -0.2) is 4.39 Å². The van der Waals surface area contributed by atoms with Crippen molar-refractivity contribution in [3.8, 4) is 0 Å². The van der Waals surface area contributed by atoms with E-state index in [0.29, 0.717) is 16.9 Å². The Morgan fingerprint density at radius 2 is 2.25 bits per heavy atom. The fraction of sp³-hybridized carbons (Fsp3) is 0.417. The van der Waals surface area contributed by atoms with Crippen molar-refractivity contribution in [1.82, 2.24) is 4.90 Å². The Morgan fingerprint density at radius 1 is 1.56 bits per heavy atom. The molecule has 0 spiro atoms. The fourth-order valence-corrected chi connectivity index (χ4v) is 1.52. The summed E-state index contributed by atoms with van der Waals surface area (Å²) in [5, 5.41) is 0. The highest BCUT2D eigenvalue weighted by Gasteiger charge is 2.12. The molecule has 0 aliphatic heterocycles. The van der Waals surface area contributed by atoms with Crippen molar-refractivity contribution < 1.29 is 9.18 Å². The van der Waals surface area contributed by atoms with Crippen molar-refractivity contribution in [2.24, 2.45) is 0 Å². The molecule has 16 heavy (non-hydrogen) atoms. The number of alkyl halides is 1. The first-order valence-electron chi connectivity index (χ1n) is 5.16. The van der Waals surface area contributed by atoms with E-state index in [0.717, 1.165) is 6.42 Å². The monoisotopic (exact) mass is 287 g/mol. The van der Waals surface area contributed by atoms with Gasteiger partial charge in [0.25, 0.3) is 5.91 Å². The molecule has 0 bridgehead atoms. The number of benzene rings is 1. The van der Waals surface area contributed by atoms with E-state index in [1.165, 1.54) is 12.1 Å². The first kappa shape index (κ1) is 13.2. The zero-order chi connectivity index (χ0) is 12.1. The molecule has 0 aliphatic carbocycles. The van der Waals surface area contributed by atoms with Crippen LogP contribution < -0.4 is 0 Å². The average molecular weight is 288 g/mol. The normalized spacial score (nSPS) is 12.2. The maximum atomic E-state index is 12.9. The van der Waals surface area contributed by atoms with E-state index >= 15 is 0 Å². The third-order valence-electron chi connectivity index (χ3n) is 2.28. The highest BCUT2D eigenvalue weighted by atomic mass is 79.9. The Morgan fingerprint density at radius 3 is 2.81 bits per heavy atom. The number of nitrogens with zero attached hydrogens (tertiary/aromatic N) is 1. The number of carbonyl (C=O) groups is 1. The van der Waals surface area contributed by atoms with Gasteiger partial charge in [0.2, 0.25) is 0 Å². The van der Waals surface area contributed by atoms with Crippen molar-refractivity contribution >= 4 is 21.8 Å². The predicted molar refractivity (Wildman–Crippen MR) is 66.4 cm³/mol. The quantitative estimate of drug-likeness (QED) is 0.780. The Labute approximate surface area is 104 Å². The highest BCUT2D eigenvalue weighted by molar-refractivity contribution is 9.09. The number of hydrogen-bond acceptors (Lipinski definition) is 1. The molecule has 1 amide bonds. The molecule has 0 radical (unpaired) electrons. The highest BCUT2D eigenvalue weighted by Crippen LogP contribution is 2.09. The van der Waals surface area contributed by atoms with Gasteiger partial charge in [-0.05, 0) is 24.6 Å². The number of rotatable bonds is 4. The van der Waals surface area contributed by atoms with Crippen LogP contribution in [-0.2, 0) is 0 Å². The second kappa shape index (κ2) is 5.99. The molecule has 1 aromatic carbocycles. The van der Waals surface area contributed by atoms with Crippen LogP contribution in [0.1, 0.15) is 23.7 Å². The molecule has 0 aliphatic rings. The molecule has 4 heteroatoms. The third kappa shape index (κ3) is 3.93. The minimum atomic E-state index is -0.381. The van der Waals surface area contributed by atoms with Gasteiger partial charge in [0, 0.05) is 24.0 Å². The number of carbonyl (C=O) groups excluding carboxylic acids is 1. The molecule has 1 unspecified atom stereocenters. The SMILES string of the molecule is CC(Br)CCN(C)C(=O)c1cccc(F)c1. The van der Waals surface area contributed by atoms with Crippen molar-refractivity contribution in [2.45, 2.75) is 18.2 Å². The Bertz CT molecular complexity index is 368. The molecular weight excluding hydrogens is 273 g/mol. The summed E-state index contributed by atoms with van der Waals surface area (Å²) in [6, 6.07) is 5.76. The molecule has 0 aromatic heterocycles. The minimum absolute atomic E-state index is 0.146. The second-order valence-electron chi connectivity index (χ2n) is 3.81. The smallest absolute Gasteiger partial charge is 0.253 e. The van der Waals surface area contributed by atoms with Crippen LogP contribution in [0.2, 0.25) is 0 Å². The lowest BCUT2D eigenvalue weighted by atomic mass is 10.2. The summed E-state index contributed by atoms with van der Waals surface area (Å²) in [6.45, 7) is 2.68. The van der Waals surface area contributed by atoms with Gasteiger partial charge in [-0.3, -0.25) is 4.79 Å². The number of hydrogen-bond donors (Lipinski definition) is 0. The lowest BCUT2D eigenvalue weighted by Crippen LogP contribution is -2.28. The topological polar surface area (TPSA) is 20.3 Å². The molecule has 1 aromatic rings. The minimum Gasteiger partial charge on any atom is -0.342 e. The maximum absolute atomic E-state index is 12.9. The summed E-state index contributed by atoms with van der Waals surface area (Å²) in [5.74, 6) is -0.527. The zero-order valence-corrected chi connectivity index (χ0v) is 11.0. The standard InChI is InChI=1S/C12H15BrFNO/c1-9(13)6-7-15(2)12(16)10-4-3-5-11(14)8-10/h3-5,8-9H,6-7H2,1-2H3. The van der Waals surface area contributed by atoms with Crippen molar-refractivity contribution in [1.29, 1.82) is 0 Å². The molecular formula is C12H15BrFNO. The van der Waals surface area contributed by atoms with Crippen LogP contribution in [-0.4, -0.2) is 29.2 Å². The first-order chi connectivity index (χ1) is 7.50. The van der Waals surface area contributed by atoms with E-state index in [4.69, 9.17) is 0 Å². The summed E-state index contributed by atoms with van der Waals surface area (Å²) in [6.07, 6.45) is 0.873. The summed E-state index contributed by atoms with van der Waals surface area (Å²) in [7, 11) is 1.72. The van der Waals surface area contributed by atoms with E-state index in [2.05, 4.69) is 15.9 Å². The number of amides is 1. The molecule has 1 atom stereocenters. The summed E-state index contributed by atoms with van der Waals surface area (Å²) >= 11 is 3.42. The average Bonchev–Trinajstić information content (AvgIpc) is 2.24. The second-order valence-corrected chi connectivity index (χ2v) is 5.37. The maximum Gasteiger partial charge on any atom is 0.253 e. The summed E-state index contributed by atoms with van der Waals surface area (Å²) < 4.78 is 12.9. The summed E-state index contributed by atoms with van der Waals surface area (Å²) in [4.78, 5) is 13.8. The van der Waals surface area contributed by atoms with Crippen LogP contribution in [0, 0.1) is 5.82 Å². The molecule has 0 N–H and O–H groups in total. The first-order valence-corrected chi connectivity index (χ1v) is 6.07. The summed E-state index contributed by atoms with van der Waals surface area (Å²) in [5.41, 5.74) is 0.393. The van der Waals surface area contributed by atoms with Crippen molar-refractivity contribution in [2.75, 3.05) is 13.6 Å². The number of halogens is 2. The molecule has 1 rings (SSSR count). The Balaban J connectivity index is 2.63. The van der Waals surface area contributed by atoms with E-state index in [-0.39, 0.29) is 11.7 Å². The van der Waals surface area contributed by atoms with E-state index < -0.39 is 0 Å². The molecule has 0 saturated heterocycles. The zero-order valence-electron chi connectivity index (χ0n) is 9.41. The lowest BCUT2D eigenvalue weighted by Gasteiger charge is -2.17. The van der Waals surface area contributed by atoms with Gasteiger partial charge in [-0.2, -0.15) is 0 Å². The molecule has 0 fully saturated rings. The molecule has 0 heterocycles.